The number of nitrogens with one attached hydrogen (secondary N) is 1. The van der Waals surface area contributed by atoms with E-state index < -0.39 is 10.0 Å². The van der Waals surface area contributed by atoms with E-state index in [2.05, 4.69) is 24.1 Å². The predicted molar refractivity (Wildman–Crippen MR) is 110 cm³/mol. The zero-order valence-electron chi connectivity index (χ0n) is 15.6. The zero-order chi connectivity index (χ0) is 18.7. The number of piperidine rings is 2. The third-order valence-electron chi connectivity index (χ3n) is 5.49. The van der Waals surface area contributed by atoms with Crippen LogP contribution < -0.4 is 5.32 Å². The standard InChI is InChI=1S/C19H29N3O2S2/c1-15-7-6-8-16(2)22(15)19(25)20-17-9-11-18(12-10-17)26(23,24)21-13-4-3-5-14-21/h9-12,15-16H,3-8,13-14H2,1-2H3,(H,20,25). The number of likely N-dealkylation sites (tertiary alicyclic amines) is 1. The number of thiocarbonyl (C=S) groups is 1. The molecule has 5 nitrogen and oxygen atoms in total. The zero-order valence-corrected chi connectivity index (χ0v) is 17.3. The van der Waals surface area contributed by atoms with E-state index in [9.17, 15) is 8.42 Å². The Morgan fingerprint density at radius 1 is 1.00 bits per heavy atom. The highest BCUT2D eigenvalue weighted by Gasteiger charge is 2.27. The highest BCUT2D eigenvalue weighted by molar-refractivity contribution is 7.89. The minimum absolute atomic E-state index is 0.357. The molecule has 0 radical (unpaired) electrons. The van der Waals surface area contributed by atoms with Crippen molar-refractivity contribution in [3.8, 4) is 0 Å². The lowest BCUT2D eigenvalue weighted by atomic mass is 9.98. The van der Waals surface area contributed by atoms with Crippen LogP contribution in [-0.2, 0) is 10.0 Å². The molecule has 0 aromatic heterocycles. The van der Waals surface area contributed by atoms with Gasteiger partial charge in [-0.15, -0.1) is 0 Å². The number of benzene rings is 1. The predicted octanol–water partition coefficient (Wildman–Crippen LogP) is 3.82. The summed E-state index contributed by atoms with van der Waals surface area (Å²) in [6.45, 7) is 5.66. The van der Waals surface area contributed by atoms with E-state index in [1.54, 1.807) is 16.4 Å². The summed E-state index contributed by atoms with van der Waals surface area (Å²) in [5, 5.41) is 4.00. The summed E-state index contributed by atoms with van der Waals surface area (Å²) in [7, 11) is -3.38. The van der Waals surface area contributed by atoms with Gasteiger partial charge in [0.15, 0.2) is 5.11 Å². The van der Waals surface area contributed by atoms with Crippen molar-refractivity contribution in [2.45, 2.75) is 69.4 Å². The van der Waals surface area contributed by atoms with Gasteiger partial charge in [0.1, 0.15) is 0 Å². The Kier molecular flexibility index (Phi) is 6.20. The summed E-state index contributed by atoms with van der Waals surface area (Å²) < 4.78 is 27.0. The van der Waals surface area contributed by atoms with Crippen molar-refractivity contribution < 1.29 is 8.42 Å². The number of sulfonamides is 1. The molecule has 2 fully saturated rings. The summed E-state index contributed by atoms with van der Waals surface area (Å²) in [6.07, 6.45) is 6.54. The molecule has 2 aliphatic rings. The smallest absolute Gasteiger partial charge is 0.243 e. The fourth-order valence-corrected chi connectivity index (χ4v) is 5.97. The third kappa shape index (κ3) is 4.21. The summed E-state index contributed by atoms with van der Waals surface area (Å²) in [5.41, 5.74) is 0.831. The second-order valence-corrected chi connectivity index (χ2v) is 9.78. The Morgan fingerprint density at radius 3 is 2.15 bits per heavy atom. The van der Waals surface area contributed by atoms with E-state index in [1.807, 2.05) is 12.1 Å². The summed E-state index contributed by atoms with van der Waals surface area (Å²) in [5.74, 6) is 0. The van der Waals surface area contributed by atoms with Crippen molar-refractivity contribution in [3.05, 3.63) is 24.3 Å². The van der Waals surface area contributed by atoms with Crippen molar-refractivity contribution in [2.24, 2.45) is 0 Å². The first-order chi connectivity index (χ1) is 12.4. The van der Waals surface area contributed by atoms with Crippen molar-refractivity contribution in [3.63, 3.8) is 0 Å². The first-order valence-electron chi connectivity index (χ1n) is 9.59. The van der Waals surface area contributed by atoms with Crippen LogP contribution >= 0.6 is 12.2 Å². The van der Waals surface area contributed by atoms with Crippen LogP contribution in [0.2, 0.25) is 0 Å². The second kappa shape index (κ2) is 8.23. The topological polar surface area (TPSA) is 52.7 Å². The van der Waals surface area contributed by atoms with E-state index >= 15 is 0 Å². The fraction of sp³-hybridized carbons (Fsp3) is 0.632. The second-order valence-electron chi connectivity index (χ2n) is 7.46. The van der Waals surface area contributed by atoms with E-state index in [0.29, 0.717) is 30.1 Å². The van der Waals surface area contributed by atoms with E-state index in [1.165, 1.54) is 6.42 Å². The molecule has 1 aromatic carbocycles. The molecule has 0 aliphatic carbocycles. The molecule has 2 atom stereocenters. The Morgan fingerprint density at radius 2 is 1.58 bits per heavy atom. The van der Waals surface area contributed by atoms with Crippen molar-refractivity contribution in [2.75, 3.05) is 18.4 Å². The molecule has 0 saturated carbocycles. The highest BCUT2D eigenvalue weighted by atomic mass is 32.2. The maximum Gasteiger partial charge on any atom is 0.243 e. The number of rotatable bonds is 3. The molecule has 3 rings (SSSR count). The molecule has 1 N–H and O–H groups in total. The van der Waals surface area contributed by atoms with E-state index in [4.69, 9.17) is 12.2 Å². The molecule has 0 bridgehead atoms. The van der Waals surface area contributed by atoms with Crippen LogP contribution in [0.5, 0.6) is 0 Å². The van der Waals surface area contributed by atoms with Gasteiger partial charge in [0.05, 0.1) is 4.90 Å². The molecular formula is C19H29N3O2S2. The number of anilines is 1. The molecule has 1 aromatic rings. The SMILES string of the molecule is CC1CCCC(C)N1C(=S)Nc1ccc(S(=O)(=O)N2CCCCC2)cc1. The van der Waals surface area contributed by atoms with Crippen LogP contribution in [0, 0.1) is 0 Å². The third-order valence-corrected chi connectivity index (χ3v) is 7.71. The molecule has 2 heterocycles. The largest absolute Gasteiger partial charge is 0.344 e. The number of hydrogen-bond donors (Lipinski definition) is 1. The molecule has 0 amide bonds. The average molecular weight is 396 g/mol. The Hall–Kier alpha value is -1.18. The Balaban J connectivity index is 1.68. The molecule has 0 spiro atoms. The fourth-order valence-electron chi connectivity index (χ4n) is 3.97. The van der Waals surface area contributed by atoms with Gasteiger partial charge in [-0.3, -0.25) is 0 Å². The van der Waals surface area contributed by atoms with Gasteiger partial charge in [-0.05, 0) is 82.4 Å². The van der Waals surface area contributed by atoms with Crippen LogP contribution in [0.1, 0.15) is 52.4 Å². The van der Waals surface area contributed by atoms with Crippen LogP contribution in [0.4, 0.5) is 5.69 Å². The molecule has 2 aliphatic heterocycles. The lowest BCUT2D eigenvalue weighted by Crippen LogP contribution is -2.49. The van der Waals surface area contributed by atoms with Crippen molar-refractivity contribution in [1.29, 1.82) is 0 Å². The number of nitrogens with zero attached hydrogens (tertiary/aromatic N) is 2. The number of hydrogen-bond acceptors (Lipinski definition) is 3. The minimum atomic E-state index is -3.38. The van der Waals surface area contributed by atoms with Gasteiger partial charge in [0, 0.05) is 30.9 Å². The summed E-state index contributed by atoms with van der Waals surface area (Å²) >= 11 is 5.61. The minimum Gasteiger partial charge on any atom is -0.344 e. The molecule has 26 heavy (non-hydrogen) atoms. The van der Waals surface area contributed by atoms with Gasteiger partial charge in [0.25, 0.3) is 0 Å². The maximum absolute atomic E-state index is 12.7. The van der Waals surface area contributed by atoms with Gasteiger partial charge in [-0.25, -0.2) is 8.42 Å². The molecule has 144 valence electrons. The Bertz CT molecular complexity index is 718. The quantitative estimate of drug-likeness (QED) is 0.789. The average Bonchev–Trinajstić information content (AvgIpc) is 2.63. The lowest BCUT2D eigenvalue weighted by Gasteiger charge is -2.40. The lowest BCUT2D eigenvalue weighted by molar-refractivity contribution is 0.194. The van der Waals surface area contributed by atoms with Gasteiger partial charge in [-0.1, -0.05) is 6.42 Å². The highest BCUT2D eigenvalue weighted by Crippen LogP contribution is 2.25. The van der Waals surface area contributed by atoms with Gasteiger partial charge in [-0.2, -0.15) is 4.31 Å². The van der Waals surface area contributed by atoms with Crippen LogP contribution in [-0.4, -0.2) is 47.9 Å². The van der Waals surface area contributed by atoms with Gasteiger partial charge >= 0.3 is 0 Å². The van der Waals surface area contributed by atoms with Crippen LogP contribution in [0.25, 0.3) is 0 Å². The molecule has 2 unspecified atom stereocenters. The van der Waals surface area contributed by atoms with E-state index in [-0.39, 0.29) is 0 Å². The Labute approximate surface area is 162 Å². The molecule has 2 saturated heterocycles. The van der Waals surface area contributed by atoms with Gasteiger partial charge in [0.2, 0.25) is 10.0 Å². The monoisotopic (exact) mass is 395 g/mol. The summed E-state index contributed by atoms with van der Waals surface area (Å²) in [4.78, 5) is 2.62. The van der Waals surface area contributed by atoms with Crippen LogP contribution in [0.3, 0.4) is 0 Å². The van der Waals surface area contributed by atoms with Gasteiger partial charge < -0.3 is 10.2 Å². The first-order valence-corrected chi connectivity index (χ1v) is 11.4. The molecular weight excluding hydrogens is 366 g/mol. The maximum atomic E-state index is 12.7. The van der Waals surface area contributed by atoms with Crippen LogP contribution in [0.15, 0.2) is 29.2 Å². The van der Waals surface area contributed by atoms with Crippen molar-refractivity contribution >= 4 is 33.0 Å². The molecule has 7 heteroatoms. The normalized spacial score (nSPS) is 25.1. The van der Waals surface area contributed by atoms with Crippen molar-refractivity contribution in [1.82, 2.24) is 9.21 Å². The summed E-state index contributed by atoms with van der Waals surface area (Å²) in [6, 6.07) is 7.83. The van der Waals surface area contributed by atoms with E-state index in [0.717, 1.165) is 42.9 Å². The first kappa shape index (κ1) is 19.6.